The minimum atomic E-state index is -3.61. The van der Waals surface area contributed by atoms with E-state index in [-0.39, 0.29) is 23.9 Å². The maximum Gasteiger partial charge on any atom is 0.243 e. The molecule has 7 nitrogen and oxygen atoms in total. The number of aromatic nitrogens is 2. The van der Waals surface area contributed by atoms with Crippen LogP contribution in [0.3, 0.4) is 0 Å². The third-order valence-corrected chi connectivity index (χ3v) is 7.50. The molecule has 0 spiro atoms. The maximum atomic E-state index is 12.9. The number of fused-ring (bicyclic) bond motifs is 2. The lowest BCUT2D eigenvalue weighted by Gasteiger charge is -2.16. The highest BCUT2D eigenvalue weighted by Gasteiger charge is 2.33. The summed E-state index contributed by atoms with van der Waals surface area (Å²) < 4.78 is 27.2. The first-order valence-corrected chi connectivity index (χ1v) is 11.8. The standard InChI is InChI=1S/C24H22N4O3S/c29-24(13-11-18-10-12-19-6-4-5-7-20(19)14-18)26-28-23-17-27(16-21(23)15-25-28)32(30,31)22-8-2-1-3-9-22/h1-10,12,14-15H,11,13,16-17H2,(H,26,29). The van der Waals surface area contributed by atoms with E-state index in [0.29, 0.717) is 18.5 Å². The summed E-state index contributed by atoms with van der Waals surface area (Å²) in [6.45, 7) is 0.400. The van der Waals surface area contributed by atoms with E-state index in [9.17, 15) is 13.2 Å². The van der Waals surface area contributed by atoms with Crippen molar-refractivity contribution in [2.45, 2.75) is 30.8 Å². The Labute approximate surface area is 186 Å². The van der Waals surface area contributed by atoms with Gasteiger partial charge < -0.3 is 0 Å². The molecule has 4 aromatic rings. The molecule has 1 aliphatic heterocycles. The molecule has 5 rings (SSSR count). The Morgan fingerprint density at radius 3 is 2.50 bits per heavy atom. The normalized spacial score (nSPS) is 13.9. The number of hydrogen-bond donors (Lipinski definition) is 1. The van der Waals surface area contributed by atoms with E-state index in [1.165, 1.54) is 14.5 Å². The van der Waals surface area contributed by atoms with Crippen molar-refractivity contribution in [1.29, 1.82) is 0 Å². The van der Waals surface area contributed by atoms with Crippen LogP contribution in [0.4, 0.5) is 0 Å². The number of rotatable bonds is 6. The first kappa shape index (κ1) is 20.4. The van der Waals surface area contributed by atoms with E-state index >= 15 is 0 Å². The molecule has 32 heavy (non-hydrogen) atoms. The van der Waals surface area contributed by atoms with Gasteiger partial charge in [-0.3, -0.25) is 4.79 Å². The Balaban J connectivity index is 1.24. The van der Waals surface area contributed by atoms with E-state index < -0.39 is 10.0 Å². The minimum absolute atomic E-state index is 0.164. The molecule has 1 aromatic heterocycles. The van der Waals surface area contributed by atoms with Crippen LogP contribution in [0, 0.1) is 0 Å². The number of carbonyl (C=O) groups excluding carboxylic acids is 1. The molecule has 1 N–H and O–H groups in total. The van der Waals surface area contributed by atoms with Gasteiger partial charge in [-0.2, -0.15) is 14.2 Å². The molecule has 0 unspecified atom stereocenters. The van der Waals surface area contributed by atoms with Crippen LogP contribution in [0.25, 0.3) is 10.8 Å². The summed E-state index contributed by atoms with van der Waals surface area (Å²) >= 11 is 0. The largest absolute Gasteiger partial charge is 0.273 e. The second-order valence-corrected chi connectivity index (χ2v) is 9.77. The van der Waals surface area contributed by atoms with E-state index in [2.05, 4.69) is 34.8 Å². The Morgan fingerprint density at radius 1 is 0.938 bits per heavy atom. The zero-order valence-electron chi connectivity index (χ0n) is 17.3. The summed E-state index contributed by atoms with van der Waals surface area (Å²) in [6.07, 6.45) is 2.52. The summed E-state index contributed by atoms with van der Waals surface area (Å²) in [7, 11) is -3.61. The van der Waals surface area contributed by atoms with E-state index in [4.69, 9.17) is 0 Å². The summed E-state index contributed by atoms with van der Waals surface area (Å²) in [6, 6.07) is 22.7. The average molecular weight is 447 g/mol. The van der Waals surface area contributed by atoms with Gasteiger partial charge in [0.15, 0.2) is 0 Å². The molecule has 3 aromatic carbocycles. The highest BCUT2D eigenvalue weighted by molar-refractivity contribution is 7.89. The minimum Gasteiger partial charge on any atom is -0.273 e. The second-order valence-electron chi connectivity index (χ2n) is 7.83. The van der Waals surface area contributed by atoms with Crippen molar-refractivity contribution in [3.63, 3.8) is 0 Å². The van der Waals surface area contributed by atoms with Gasteiger partial charge in [0.25, 0.3) is 0 Å². The van der Waals surface area contributed by atoms with E-state index in [1.54, 1.807) is 36.5 Å². The fourth-order valence-electron chi connectivity index (χ4n) is 3.96. The van der Waals surface area contributed by atoms with Gasteiger partial charge in [0, 0.05) is 18.5 Å². The molecule has 0 aliphatic carbocycles. The van der Waals surface area contributed by atoms with Crippen molar-refractivity contribution >= 4 is 26.7 Å². The molecule has 1 amide bonds. The Bertz CT molecular complexity index is 1400. The lowest BCUT2D eigenvalue weighted by atomic mass is 10.0. The summed E-state index contributed by atoms with van der Waals surface area (Å²) in [5, 5.41) is 6.54. The number of hydrogen-bond acceptors (Lipinski definition) is 4. The predicted molar refractivity (Wildman–Crippen MR) is 122 cm³/mol. The first-order chi connectivity index (χ1) is 15.5. The summed E-state index contributed by atoms with van der Waals surface area (Å²) in [5.41, 5.74) is 5.35. The summed E-state index contributed by atoms with van der Waals surface area (Å²) in [5.74, 6) is -0.173. The molecule has 1 aliphatic rings. The zero-order valence-corrected chi connectivity index (χ0v) is 18.1. The number of amides is 1. The van der Waals surface area contributed by atoms with Gasteiger partial charge in [-0.1, -0.05) is 60.7 Å². The molecule has 0 saturated carbocycles. The van der Waals surface area contributed by atoms with Crippen LogP contribution in [-0.4, -0.2) is 28.5 Å². The third kappa shape index (κ3) is 3.90. The number of benzene rings is 3. The lowest BCUT2D eigenvalue weighted by molar-refractivity contribution is -0.117. The molecule has 162 valence electrons. The number of nitrogens with one attached hydrogen (secondary N) is 1. The molecular formula is C24H22N4O3S. The van der Waals surface area contributed by atoms with Crippen LogP contribution in [0.5, 0.6) is 0 Å². The fraction of sp³-hybridized carbons (Fsp3) is 0.167. The van der Waals surface area contributed by atoms with Crippen molar-refractivity contribution in [3.8, 4) is 0 Å². The molecular weight excluding hydrogens is 424 g/mol. The molecule has 0 fully saturated rings. The van der Waals surface area contributed by atoms with Crippen LogP contribution < -0.4 is 5.43 Å². The monoisotopic (exact) mass is 446 g/mol. The van der Waals surface area contributed by atoms with Gasteiger partial charge in [-0.25, -0.2) is 13.8 Å². The molecule has 0 bridgehead atoms. The fourth-order valence-corrected chi connectivity index (χ4v) is 5.36. The molecule has 0 saturated heterocycles. The van der Waals surface area contributed by atoms with E-state index in [0.717, 1.165) is 16.5 Å². The van der Waals surface area contributed by atoms with Crippen LogP contribution in [-0.2, 0) is 34.3 Å². The van der Waals surface area contributed by atoms with Gasteiger partial charge in [-0.15, -0.1) is 0 Å². The molecule has 2 heterocycles. The van der Waals surface area contributed by atoms with Crippen LogP contribution >= 0.6 is 0 Å². The molecule has 0 radical (unpaired) electrons. The van der Waals surface area contributed by atoms with Crippen molar-refractivity contribution in [2.75, 3.05) is 5.43 Å². The molecule has 8 heteroatoms. The Kier molecular flexibility index (Phi) is 5.24. The van der Waals surface area contributed by atoms with Crippen LogP contribution in [0.2, 0.25) is 0 Å². The van der Waals surface area contributed by atoms with Gasteiger partial charge in [0.1, 0.15) is 0 Å². The Morgan fingerprint density at radius 2 is 1.69 bits per heavy atom. The lowest BCUT2D eigenvalue weighted by Crippen LogP contribution is -2.29. The third-order valence-electron chi connectivity index (χ3n) is 5.69. The topological polar surface area (TPSA) is 84.3 Å². The van der Waals surface area contributed by atoms with Gasteiger partial charge in [0.2, 0.25) is 15.9 Å². The number of aryl methyl sites for hydroxylation is 1. The SMILES string of the molecule is O=C(CCc1ccc2ccccc2c1)Nn1ncc2c1CN(S(=O)(=O)c1ccccc1)C2. The van der Waals surface area contributed by atoms with Crippen LogP contribution in [0.1, 0.15) is 23.2 Å². The van der Waals surface area contributed by atoms with Crippen molar-refractivity contribution in [1.82, 2.24) is 14.2 Å². The van der Waals surface area contributed by atoms with Crippen molar-refractivity contribution in [2.24, 2.45) is 0 Å². The maximum absolute atomic E-state index is 12.9. The highest BCUT2D eigenvalue weighted by Crippen LogP contribution is 2.28. The molecule has 0 atom stereocenters. The van der Waals surface area contributed by atoms with Crippen molar-refractivity contribution in [3.05, 3.63) is 95.8 Å². The smallest absolute Gasteiger partial charge is 0.243 e. The highest BCUT2D eigenvalue weighted by atomic mass is 32.2. The zero-order chi connectivity index (χ0) is 22.1. The second kappa shape index (κ2) is 8.22. The van der Waals surface area contributed by atoms with Crippen LogP contribution in [0.15, 0.2) is 83.9 Å². The predicted octanol–water partition coefficient (Wildman–Crippen LogP) is 3.44. The number of sulfonamides is 1. The van der Waals surface area contributed by atoms with E-state index in [1.807, 2.05) is 18.2 Å². The average Bonchev–Trinajstić information content (AvgIpc) is 3.41. The van der Waals surface area contributed by atoms with Gasteiger partial charge in [0.05, 0.1) is 23.3 Å². The summed E-state index contributed by atoms with van der Waals surface area (Å²) in [4.78, 5) is 14.2. The van der Waals surface area contributed by atoms with Gasteiger partial charge >= 0.3 is 0 Å². The Hall–Kier alpha value is -3.49. The van der Waals surface area contributed by atoms with Crippen molar-refractivity contribution < 1.29 is 13.2 Å². The number of nitrogens with zero attached hydrogens (tertiary/aromatic N) is 3. The first-order valence-electron chi connectivity index (χ1n) is 10.4. The van der Waals surface area contributed by atoms with Gasteiger partial charge in [-0.05, 0) is 34.9 Å². The quantitative estimate of drug-likeness (QED) is 0.492. The number of carbonyl (C=O) groups is 1.